The molecule has 1 atom stereocenters. The van der Waals surface area contributed by atoms with Crippen molar-refractivity contribution in [2.75, 3.05) is 39.0 Å². The smallest absolute Gasteiger partial charge is 0.350 e. The molecule has 1 aromatic rings. The molecular weight excluding hydrogens is 373 g/mol. The summed E-state index contributed by atoms with van der Waals surface area (Å²) < 4.78 is 40.0. The molecule has 11 heteroatoms. The Balaban J connectivity index is 2.10. The Bertz CT molecular complexity index is 666. The van der Waals surface area contributed by atoms with Crippen LogP contribution in [0, 0.1) is 10.1 Å². The highest BCUT2D eigenvalue weighted by atomic mass is 32.2. The van der Waals surface area contributed by atoms with Crippen molar-refractivity contribution in [3.05, 3.63) is 33.9 Å². The van der Waals surface area contributed by atoms with Gasteiger partial charge in [-0.3, -0.25) is 19.8 Å². The van der Waals surface area contributed by atoms with Gasteiger partial charge in [0.2, 0.25) is 0 Å². The van der Waals surface area contributed by atoms with Crippen molar-refractivity contribution in [2.45, 2.75) is 17.1 Å². The zero-order chi connectivity index (χ0) is 19.3. The fourth-order valence-corrected chi connectivity index (χ4v) is 3.26. The number of hydrogen-bond donors (Lipinski definition) is 2. The molecule has 1 fully saturated rings. The highest BCUT2D eigenvalue weighted by Crippen LogP contribution is 2.28. The van der Waals surface area contributed by atoms with Crippen molar-refractivity contribution in [3.63, 3.8) is 0 Å². The predicted octanol–water partition coefficient (Wildman–Crippen LogP) is 1.88. The van der Waals surface area contributed by atoms with E-state index in [2.05, 4.69) is 10.6 Å². The molecule has 2 N–H and O–H groups in total. The molecule has 0 spiro atoms. The zero-order valence-corrected chi connectivity index (χ0v) is 14.8. The van der Waals surface area contributed by atoms with Crippen molar-refractivity contribution in [3.8, 4) is 0 Å². The predicted molar refractivity (Wildman–Crippen MR) is 91.5 cm³/mol. The van der Waals surface area contributed by atoms with Gasteiger partial charge in [0.25, 0.3) is 11.6 Å². The van der Waals surface area contributed by atoms with E-state index in [1.807, 2.05) is 0 Å². The number of rotatable bonds is 6. The maximum Gasteiger partial charge on any atom is 0.405 e. The summed E-state index contributed by atoms with van der Waals surface area (Å²) in [5.74, 6) is -0.773. The second-order valence-electron chi connectivity index (χ2n) is 5.70. The van der Waals surface area contributed by atoms with Gasteiger partial charge in [-0.25, -0.2) is 0 Å². The first-order chi connectivity index (χ1) is 12.2. The highest BCUT2D eigenvalue weighted by molar-refractivity contribution is 7.98. The van der Waals surface area contributed by atoms with E-state index in [0.29, 0.717) is 18.0 Å². The molecule has 0 aromatic heterocycles. The van der Waals surface area contributed by atoms with Crippen LogP contribution in [-0.2, 0) is 0 Å². The second-order valence-corrected chi connectivity index (χ2v) is 6.55. The summed E-state index contributed by atoms with van der Waals surface area (Å²) in [7, 11) is 0. The van der Waals surface area contributed by atoms with Crippen LogP contribution in [0.5, 0.6) is 0 Å². The van der Waals surface area contributed by atoms with Gasteiger partial charge >= 0.3 is 6.18 Å². The van der Waals surface area contributed by atoms with Crippen LogP contribution in [0.15, 0.2) is 23.1 Å². The Hall–Kier alpha value is -1.85. The fourth-order valence-electron chi connectivity index (χ4n) is 2.71. The molecule has 1 unspecified atom stereocenters. The second kappa shape index (κ2) is 8.69. The molecule has 0 saturated carbocycles. The number of benzene rings is 1. The zero-order valence-electron chi connectivity index (χ0n) is 14.0. The van der Waals surface area contributed by atoms with E-state index in [1.165, 1.54) is 17.0 Å². The fraction of sp³-hybridized carbons (Fsp3) is 0.533. The molecule has 144 valence electrons. The van der Waals surface area contributed by atoms with Crippen LogP contribution >= 0.6 is 11.8 Å². The summed E-state index contributed by atoms with van der Waals surface area (Å²) in [6.45, 7) is 0.744. The first-order valence-corrected chi connectivity index (χ1v) is 9.08. The average Bonchev–Trinajstić information content (AvgIpc) is 2.60. The lowest BCUT2D eigenvalue weighted by Crippen LogP contribution is -2.57. The molecule has 1 heterocycles. The van der Waals surface area contributed by atoms with Crippen LogP contribution < -0.4 is 10.6 Å². The molecule has 1 aromatic carbocycles. The van der Waals surface area contributed by atoms with Crippen LogP contribution in [0.4, 0.5) is 18.9 Å². The van der Waals surface area contributed by atoms with Crippen LogP contribution in [-0.4, -0.2) is 66.9 Å². The topological polar surface area (TPSA) is 87.5 Å². The average molecular weight is 392 g/mol. The molecule has 0 bridgehead atoms. The number of nitro groups is 1. The van der Waals surface area contributed by atoms with Gasteiger partial charge in [-0.2, -0.15) is 13.2 Å². The Morgan fingerprint density at radius 3 is 2.62 bits per heavy atom. The number of nitrogens with zero attached hydrogens (tertiary/aromatic N) is 2. The summed E-state index contributed by atoms with van der Waals surface area (Å²) in [4.78, 5) is 24.3. The van der Waals surface area contributed by atoms with E-state index >= 15 is 0 Å². The number of nitro benzene ring substituents is 1. The standard InChI is InChI=1S/C15H19F3N4O3S/c1-26-12-3-2-10(8-11(12)22(24)25)14(23)20-9-13(15(16,17)18)21-6-4-19-5-7-21/h2-3,8,13,19H,4-7,9H2,1H3,(H,20,23). The largest absolute Gasteiger partial charge is 0.405 e. The Morgan fingerprint density at radius 2 is 2.08 bits per heavy atom. The van der Waals surface area contributed by atoms with Crippen LogP contribution in [0.3, 0.4) is 0 Å². The van der Waals surface area contributed by atoms with Crippen LogP contribution in [0.2, 0.25) is 0 Å². The molecule has 7 nitrogen and oxygen atoms in total. The third kappa shape index (κ3) is 5.08. The lowest BCUT2D eigenvalue weighted by atomic mass is 10.1. The normalized spacial score (nSPS) is 16.9. The number of nitrogens with one attached hydrogen (secondary N) is 2. The summed E-state index contributed by atoms with van der Waals surface area (Å²) in [5.41, 5.74) is -0.296. The molecule has 0 radical (unpaired) electrons. The van der Waals surface area contributed by atoms with E-state index in [4.69, 9.17) is 0 Å². The first kappa shape index (κ1) is 20.5. The lowest BCUT2D eigenvalue weighted by molar-refractivity contribution is -0.387. The van der Waals surface area contributed by atoms with Crippen molar-refractivity contribution in [1.29, 1.82) is 0 Å². The van der Waals surface area contributed by atoms with Gasteiger partial charge in [0.15, 0.2) is 0 Å². The number of piperazine rings is 1. The maximum atomic E-state index is 13.3. The third-order valence-corrected chi connectivity index (χ3v) is 4.85. The van der Waals surface area contributed by atoms with E-state index in [9.17, 15) is 28.1 Å². The maximum absolute atomic E-state index is 13.3. The highest BCUT2D eigenvalue weighted by Gasteiger charge is 2.43. The number of carbonyl (C=O) groups is 1. The number of carbonyl (C=O) groups excluding carboxylic acids is 1. The van der Waals surface area contributed by atoms with Crippen molar-refractivity contribution in [2.24, 2.45) is 0 Å². The molecule has 1 saturated heterocycles. The molecule has 1 aliphatic heterocycles. The SMILES string of the molecule is CSc1ccc(C(=O)NCC(N2CCNCC2)C(F)(F)F)cc1[N+](=O)[O-]. The minimum Gasteiger partial charge on any atom is -0.350 e. The van der Waals surface area contributed by atoms with E-state index < -0.39 is 29.6 Å². The van der Waals surface area contributed by atoms with Gasteiger partial charge in [-0.15, -0.1) is 11.8 Å². The minimum absolute atomic E-state index is 0.0456. The number of hydrogen-bond acceptors (Lipinski definition) is 6. The van der Waals surface area contributed by atoms with Gasteiger partial charge < -0.3 is 10.6 Å². The summed E-state index contributed by atoms with van der Waals surface area (Å²) in [6, 6.07) is 2.06. The molecule has 1 amide bonds. The van der Waals surface area contributed by atoms with Crippen LogP contribution in [0.25, 0.3) is 0 Å². The molecule has 2 rings (SSSR count). The number of thioether (sulfide) groups is 1. The van der Waals surface area contributed by atoms with Crippen molar-refractivity contribution in [1.82, 2.24) is 15.5 Å². The molecule has 0 aliphatic carbocycles. The lowest BCUT2D eigenvalue weighted by Gasteiger charge is -2.35. The summed E-state index contributed by atoms with van der Waals surface area (Å²) >= 11 is 1.15. The number of amides is 1. The van der Waals surface area contributed by atoms with Crippen LogP contribution in [0.1, 0.15) is 10.4 Å². The monoisotopic (exact) mass is 392 g/mol. The van der Waals surface area contributed by atoms with Gasteiger partial charge in [-0.05, 0) is 18.4 Å². The minimum atomic E-state index is -4.49. The van der Waals surface area contributed by atoms with E-state index in [0.717, 1.165) is 17.8 Å². The third-order valence-electron chi connectivity index (χ3n) is 4.06. The Labute approximate surface area is 152 Å². The van der Waals surface area contributed by atoms with Gasteiger partial charge in [0.05, 0.1) is 9.82 Å². The van der Waals surface area contributed by atoms with Gasteiger partial charge in [0, 0.05) is 44.4 Å². The van der Waals surface area contributed by atoms with E-state index in [-0.39, 0.29) is 24.3 Å². The quantitative estimate of drug-likeness (QED) is 0.437. The van der Waals surface area contributed by atoms with Crippen molar-refractivity contribution < 1.29 is 22.9 Å². The molecule has 26 heavy (non-hydrogen) atoms. The van der Waals surface area contributed by atoms with Crippen molar-refractivity contribution >= 4 is 23.4 Å². The first-order valence-electron chi connectivity index (χ1n) is 7.86. The van der Waals surface area contributed by atoms with Gasteiger partial charge in [-0.1, -0.05) is 0 Å². The number of alkyl halides is 3. The van der Waals surface area contributed by atoms with E-state index in [1.54, 1.807) is 6.26 Å². The summed E-state index contributed by atoms with van der Waals surface area (Å²) in [5, 5.41) is 16.3. The Kier molecular flexibility index (Phi) is 6.84. The molecular formula is C15H19F3N4O3S. The summed E-state index contributed by atoms with van der Waals surface area (Å²) in [6.07, 6.45) is -2.83. The molecule has 1 aliphatic rings. The number of halogens is 3. The Morgan fingerprint density at radius 1 is 1.42 bits per heavy atom. The van der Waals surface area contributed by atoms with Gasteiger partial charge in [0.1, 0.15) is 6.04 Å².